The fourth-order valence-corrected chi connectivity index (χ4v) is 2.25. The van der Waals surface area contributed by atoms with E-state index < -0.39 is 0 Å². The fourth-order valence-electron chi connectivity index (χ4n) is 2.25. The molecule has 2 aromatic carbocycles. The van der Waals surface area contributed by atoms with Gasteiger partial charge in [0.15, 0.2) is 5.78 Å². The molecule has 0 aliphatic carbocycles. The van der Waals surface area contributed by atoms with Gasteiger partial charge in [0.1, 0.15) is 5.75 Å². The van der Waals surface area contributed by atoms with E-state index in [1.165, 1.54) is 11.1 Å². The van der Waals surface area contributed by atoms with Crippen molar-refractivity contribution in [1.29, 1.82) is 0 Å². The van der Waals surface area contributed by atoms with E-state index in [-0.39, 0.29) is 5.78 Å². The van der Waals surface area contributed by atoms with Crippen LogP contribution in [-0.2, 0) is 6.42 Å². The van der Waals surface area contributed by atoms with E-state index >= 15 is 0 Å². The maximum absolute atomic E-state index is 12.3. The summed E-state index contributed by atoms with van der Waals surface area (Å²) in [6.07, 6.45) is 0.437. The summed E-state index contributed by atoms with van der Waals surface area (Å²) in [4.78, 5) is 12.3. The lowest BCUT2D eigenvalue weighted by molar-refractivity contribution is 0.0993. The van der Waals surface area contributed by atoms with Gasteiger partial charge in [-0.3, -0.25) is 4.79 Å². The number of ketones is 1. The third kappa shape index (κ3) is 3.08. The SMILES string of the molecule is COc1ccc(C(=O)Cc2ccc(C)c(C)c2)cc1C. The third-order valence-electron chi connectivity index (χ3n) is 3.65. The van der Waals surface area contributed by atoms with Crippen LogP contribution in [0.5, 0.6) is 5.75 Å². The number of Topliss-reactive ketones (excluding diaryl/α,β-unsaturated/α-hetero) is 1. The van der Waals surface area contributed by atoms with Crippen LogP contribution in [0.2, 0.25) is 0 Å². The van der Waals surface area contributed by atoms with Crippen LogP contribution in [0.25, 0.3) is 0 Å². The topological polar surface area (TPSA) is 26.3 Å². The van der Waals surface area contributed by atoms with Gasteiger partial charge in [0.05, 0.1) is 7.11 Å². The molecule has 0 atom stereocenters. The van der Waals surface area contributed by atoms with Gasteiger partial charge in [0, 0.05) is 12.0 Å². The van der Waals surface area contributed by atoms with Gasteiger partial charge in [-0.2, -0.15) is 0 Å². The van der Waals surface area contributed by atoms with E-state index in [1.807, 2.05) is 31.2 Å². The van der Waals surface area contributed by atoms with Crippen LogP contribution in [0, 0.1) is 20.8 Å². The zero-order chi connectivity index (χ0) is 14.7. The normalized spacial score (nSPS) is 10.4. The standard InChI is InChI=1S/C18H20O2/c1-12-5-6-15(9-13(12)2)11-17(19)16-7-8-18(20-4)14(3)10-16/h5-10H,11H2,1-4H3. The second-order valence-electron chi connectivity index (χ2n) is 5.20. The Morgan fingerprint density at radius 3 is 2.30 bits per heavy atom. The lowest BCUT2D eigenvalue weighted by Crippen LogP contribution is -2.04. The summed E-state index contributed by atoms with van der Waals surface area (Å²) in [7, 11) is 1.64. The fraction of sp³-hybridized carbons (Fsp3) is 0.278. The Kier molecular flexibility index (Phi) is 4.23. The smallest absolute Gasteiger partial charge is 0.167 e. The highest BCUT2D eigenvalue weighted by molar-refractivity contribution is 5.97. The van der Waals surface area contributed by atoms with Crippen molar-refractivity contribution in [1.82, 2.24) is 0 Å². The van der Waals surface area contributed by atoms with Crippen LogP contribution in [0.1, 0.15) is 32.6 Å². The van der Waals surface area contributed by atoms with E-state index in [0.717, 1.165) is 22.4 Å². The Bertz CT molecular complexity index is 642. The van der Waals surface area contributed by atoms with E-state index in [4.69, 9.17) is 4.74 Å². The largest absolute Gasteiger partial charge is 0.496 e. The molecule has 20 heavy (non-hydrogen) atoms. The first-order chi connectivity index (χ1) is 9.51. The minimum absolute atomic E-state index is 0.138. The number of carbonyl (C=O) groups is 1. The van der Waals surface area contributed by atoms with Gasteiger partial charge in [-0.1, -0.05) is 18.2 Å². The molecular weight excluding hydrogens is 248 g/mol. The summed E-state index contributed by atoms with van der Waals surface area (Å²) in [5, 5.41) is 0. The van der Waals surface area contributed by atoms with Gasteiger partial charge < -0.3 is 4.74 Å². The number of hydrogen-bond acceptors (Lipinski definition) is 2. The van der Waals surface area contributed by atoms with Crippen molar-refractivity contribution in [2.24, 2.45) is 0 Å². The lowest BCUT2D eigenvalue weighted by atomic mass is 9.98. The lowest BCUT2D eigenvalue weighted by Gasteiger charge is -2.08. The molecule has 0 aliphatic rings. The van der Waals surface area contributed by atoms with Crippen molar-refractivity contribution in [3.05, 3.63) is 64.2 Å². The van der Waals surface area contributed by atoms with Crippen molar-refractivity contribution in [2.75, 3.05) is 7.11 Å². The van der Waals surface area contributed by atoms with Crippen LogP contribution in [0.4, 0.5) is 0 Å². The molecule has 104 valence electrons. The molecular formula is C18H20O2. The highest BCUT2D eigenvalue weighted by Crippen LogP contribution is 2.20. The summed E-state index contributed by atoms with van der Waals surface area (Å²) >= 11 is 0. The molecule has 0 aliphatic heterocycles. The van der Waals surface area contributed by atoms with Crippen molar-refractivity contribution < 1.29 is 9.53 Å². The number of benzene rings is 2. The molecule has 0 bridgehead atoms. The molecule has 0 saturated heterocycles. The number of carbonyl (C=O) groups excluding carboxylic acids is 1. The molecule has 0 saturated carbocycles. The molecule has 2 rings (SSSR count). The molecule has 0 amide bonds. The molecule has 0 spiro atoms. The summed E-state index contributed by atoms with van der Waals surface area (Å²) in [6, 6.07) is 11.7. The van der Waals surface area contributed by atoms with Crippen LogP contribution in [0.3, 0.4) is 0 Å². The minimum atomic E-state index is 0.138. The summed E-state index contributed by atoms with van der Waals surface area (Å²) in [5.41, 5.74) is 5.26. The maximum Gasteiger partial charge on any atom is 0.167 e. The highest BCUT2D eigenvalue weighted by Gasteiger charge is 2.09. The van der Waals surface area contributed by atoms with Crippen molar-refractivity contribution in [3.63, 3.8) is 0 Å². The number of aryl methyl sites for hydroxylation is 3. The van der Waals surface area contributed by atoms with Gasteiger partial charge in [-0.15, -0.1) is 0 Å². The molecule has 0 fully saturated rings. The predicted molar refractivity (Wildman–Crippen MR) is 81.7 cm³/mol. The summed E-state index contributed by atoms with van der Waals surface area (Å²) < 4.78 is 5.22. The van der Waals surface area contributed by atoms with Gasteiger partial charge in [0.25, 0.3) is 0 Å². The Labute approximate surface area is 120 Å². The Morgan fingerprint density at radius 1 is 0.950 bits per heavy atom. The monoisotopic (exact) mass is 268 g/mol. The van der Waals surface area contributed by atoms with Gasteiger partial charge in [-0.25, -0.2) is 0 Å². The van der Waals surface area contributed by atoms with E-state index in [1.54, 1.807) is 7.11 Å². The molecule has 2 nitrogen and oxygen atoms in total. The summed E-state index contributed by atoms with van der Waals surface area (Å²) in [5.74, 6) is 0.951. The van der Waals surface area contributed by atoms with E-state index in [0.29, 0.717) is 6.42 Å². The molecule has 0 N–H and O–H groups in total. The van der Waals surface area contributed by atoms with Gasteiger partial charge in [-0.05, 0) is 61.2 Å². The first-order valence-corrected chi connectivity index (χ1v) is 6.75. The molecule has 0 radical (unpaired) electrons. The van der Waals surface area contributed by atoms with Gasteiger partial charge >= 0.3 is 0 Å². The first kappa shape index (κ1) is 14.3. The predicted octanol–water partition coefficient (Wildman–Crippen LogP) is 4.05. The third-order valence-corrected chi connectivity index (χ3v) is 3.65. The van der Waals surface area contributed by atoms with Crippen LogP contribution >= 0.6 is 0 Å². The van der Waals surface area contributed by atoms with E-state index in [2.05, 4.69) is 26.0 Å². The molecule has 2 aromatic rings. The number of ether oxygens (including phenoxy) is 1. The van der Waals surface area contributed by atoms with Crippen molar-refractivity contribution >= 4 is 5.78 Å². The average molecular weight is 268 g/mol. The number of hydrogen-bond donors (Lipinski definition) is 0. The summed E-state index contributed by atoms with van der Waals surface area (Å²) in [6.45, 7) is 6.10. The maximum atomic E-state index is 12.3. The molecule has 0 unspecified atom stereocenters. The zero-order valence-corrected chi connectivity index (χ0v) is 12.5. The quantitative estimate of drug-likeness (QED) is 0.782. The Hall–Kier alpha value is -2.09. The Morgan fingerprint density at radius 2 is 1.70 bits per heavy atom. The number of rotatable bonds is 4. The number of methoxy groups -OCH3 is 1. The molecule has 0 aromatic heterocycles. The second kappa shape index (κ2) is 5.91. The van der Waals surface area contributed by atoms with Crippen molar-refractivity contribution in [3.8, 4) is 5.75 Å². The first-order valence-electron chi connectivity index (χ1n) is 6.75. The second-order valence-corrected chi connectivity index (χ2v) is 5.20. The molecule has 2 heteroatoms. The minimum Gasteiger partial charge on any atom is -0.496 e. The molecule has 0 heterocycles. The van der Waals surface area contributed by atoms with Gasteiger partial charge in [0.2, 0.25) is 0 Å². The van der Waals surface area contributed by atoms with E-state index in [9.17, 15) is 4.79 Å². The van der Waals surface area contributed by atoms with Crippen LogP contribution in [0.15, 0.2) is 36.4 Å². The van der Waals surface area contributed by atoms with Crippen LogP contribution in [-0.4, -0.2) is 12.9 Å². The average Bonchev–Trinajstić information content (AvgIpc) is 2.42. The zero-order valence-electron chi connectivity index (χ0n) is 12.5. The highest BCUT2D eigenvalue weighted by atomic mass is 16.5. The Balaban J connectivity index is 2.19. The van der Waals surface area contributed by atoms with Crippen molar-refractivity contribution in [2.45, 2.75) is 27.2 Å². The van der Waals surface area contributed by atoms with Crippen LogP contribution < -0.4 is 4.74 Å².